The normalized spacial score (nSPS) is 32.7. The molecule has 1 aromatic rings. The molecule has 2 unspecified atom stereocenters. The SMILES string of the molecule is CC1SCCN(C(=O)[C@H]2CCN[C@@H](C)C2)C1c1ccccc1. The van der Waals surface area contributed by atoms with Crippen molar-refractivity contribution in [3.05, 3.63) is 35.9 Å². The monoisotopic (exact) mass is 318 g/mol. The zero-order chi connectivity index (χ0) is 15.5. The van der Waals surface area contributed by atoms with Gasteiger partial charge in [-0.2, -0.15) is 11.8 Å². The fourth-order valence-corrected chi connectivity index (χ4v) is 4.92. The molecule has 0 bridgehead atoms. The van der Waals surface area contributed by atoms with Gasteiger partial charge in [0.05, 0.1) is 6.04 Å². The largest absolute Gasteiger partial charge is 0.333 e. The third-order valence-corrected chi connectivity index (χ3v) is 6.09. The number of nitrogens with one attached hydrogen (secondary N) is 1. The summed E-state index contributed by atoms with van der Waals surface area (Å²) < 4.78 is 0. The van der Waals surface area contributed by atoms with Gasteiger partial charge in [0.2, 0.25) is 5.91 Å². The molecule has 0 saturated carbocycles. The number of carbonyl (C=O) groups is 1. The summed E-state index contributed by atoms with van der Waals surface area (Å²) in [6.07, 6.45) is 1.95. The van der Waals surface area contributed by atoms with Crippen LogP contribution in [0.2, 0.25) is 0 Å². The predicted molar refractivity (Wildman–Crippen MR) is 93.0 cm³/mol. The Morgan fingerprint density at radius 1 is 1.27 bits per heavy atom. The highest BCUT2D eigenvalue weighted by atomic mass is 32.2. The predicted octanol–water partition coefficient (Wildman–Crippen LogP) is 3.08. The smallest absolute Gasteiger partial charge is 0.226 e. The number of piperidine rings is 1. The van der Waals surface area contributed by atoms with Gasteiger partial charge in [0.25, 0.3) is 0 Å². The van der Waals surface area contributed by atoms with Crippen LogP contribution in [0.3, 0.4) is 0 Å². The van der Waals surface area contributed by atoms with E-state index in [4.69, 9.17) is 0 Å². The van der Waals surface area contributed by atoms with Crippen LogP contribution in [0, 0.1) is 5.92 Å². The van der Waals surface area contributed by atoms with Crippen LogP contribution in [0.5, 0.6) is 0 Å². The molecule has 2 saturated heterocycles. The number of rotatable bonds is 2. The standard InChI is InChI=1S/C18H26N2OS/c1-13-12-16(8-9-19-13)18(21)20-10-11-22-14(2)17(20)15-6-4-3-5-7-15/h3-7,13-14,16-17,19H,8-12H2,1-2H3/t13-,14?,16-,17?/m0/s1. The molecule has 1 aromatic carbocycles. The summed E-state index contributed by atoms with van der Waals surface area (Å²) >= 11 is 1.98. The lowest BCUT2D eigenvalue weighted by Crippen LogP contribution is -2.49. The van der Waals surface area contributed by atoms with Crippen molar-refractivity contribution in [2.24, 2.45) is 5.92 Å². The Hall–Kier alpha value is -1.00. The van der Waals surface area contributed by atoms with Crippen LogP contribution >= 0.6 is 11.8 Å². The van der Waals surface area contributed by atoms with E-state index in [9.17, 15) is 4.79 Å². The molecule has 4 atom stereocenters. The molecule has 3 nitrogen and oxygen atoms in total. The highest BCUT2D eigenvalue weighted by Crippen LogP contribution is 2.37. The van der Waals surface area contributed by atoms with Gasteiger partial charge in [-0.1, -0.05) is 37.3 Å². The molecule has 2 fully saturated rings. The first kappa shape index (κ1) is 15.9. The number of amides is 1. The Labute approximate surface area is 137 Å². The summed E-state index contributed by atoms with van der Waals surface area (Å²) in [6, 6.07) is 11.2. The van der Waals surface area contributed by atoms with E-state index in [1.54, 1.807) is 0 Å². The molecule has 0 spiro atoms. The average molecular weight is 318 g/mol. The van der Waals surface area contributed by atoms with Crippen molar-refractivity contribution in [2.75, 3.05) is 18.8 Å². The summed E-state index contributed by atoms with van der Waals surface area (Å²) in [7, 11) is 0. The zero-order valence-electron chi connectivity index (χ0n) is 13.5. The summed E-state index contributed by atoms with van der Waals surface area (Å²) in [5.41, 5.74) is 1.28. The minimum absolute atomic E-state index is 0.192. The zero-order valence-corrected chi connectivity index (χ0v) is 14.3. The van der Waals surface area contributed by atoms with Crippen molar-refractivity contribution in [1.82, 2.24) is 10.2 Å². The second-order valence-corrected chi connectivity index (χ2v) is 8.02. The molecule has 2 aliphatic heterocycles. The van der Waals surface area contributed by atoms with Gasteiger partial charge in [0.1, 0.15) is 0 Å². The lowest BCUT2D eigenvalue weighted by molar-refractivity contribution is -0.139. The molecule has 120 valence electrons. The number of hydrogen-bond acceptors (Lipinski definition) is 3. The topological polar surface area (TPSA) is 32.3 Å². The quantitative estimate of drug-likeness (QED) is 0.909. The van der Waals surface area contributed by atoms with Crippen molar-refractivity contribution in [3.63, 3.8) is 0 Å². The number of hydrogen-bond donors (Lipinski definition) is 1. The van der Waals surface area contributed by atoms with Gasteiger partial charge in [-0.25, -0.2) is 0 Å². The van der Waals surface area contributed by atoms with Crippen LogP contribution in [0.4, 0.5) is 0 Å². The van der Waals surface area contributed by atoms with Crippen molar-refractivity contribution in [3.8, 4) is 0 Å². The van der Waals surface area contributed by atoms with Gasteiger partial charge < -0.3 is 10.2 Å². The Bertz CT molecular complexity index is 507. The lowest BCUT2D eigenvalue weighted by atomic mass is 9.90. The highest BCUT2D eigenvalue weighted by Gasteiger charge is 2.37. The molecule has 0 aromatic heterocycles. The molecule has 1 N–H and O–H groups in total. The first-order valence-corrected chi connectivity index (χ1v) is 9.42. The summed E-state index contributed by atoms with van der Waals surface area (Å²) in [5.74, 6) is 1.61. The van der Waals surface area contributed by atoms with Crippen LogP contribution in [0.25, 0.3) is 0 Å². The van der Waals surface area contributed by atoms with Crippen LogP contribution in [0.1, 0.15) is 38.3 Å². The molecule has 1 amide bonds. The molecule has 2 aliphatic rings. The first-order valence-electron chi connectivity index (χ1n) is 8.37. The third kappa shape index (κ3) is 3.33. The second-order valence-electron chi connectivity index (χ2n) is 6.54. The van der Waals surface area contributed by atoms with E-state index in [2.05, 4.69) is 48.3 Å². The number of benzene rings is 1. The van der Waals surface area contributed by atoms with Gasteiger partial charge in [-0.05, 0) is 31.9 Å². The first-order chi connectivity index (χ1) is 10.7. The van der Waals surface area contributed by atoms with Crippen LogP contribution < -0.4 is 5.32 Å². The molecule has 2 heterocycles. The minimum Gasteiger partial charge on any atom is -0.333 e. The third-order valence-electron chi connectivity index (χ3n) is 4.89. The molecule has 4 heteroatoms. The van der Waals surface area contributed by atoms with E-state index in [1.165, 1.54) is 5.56 Å². The Kier molecular flexibility index (Phi) is 5.09. The number of carbonyl (C=O) groups excluding carboxylic acids is 1. The molecule has 0 aliphatic carbocycles. The van der Waals surface area contributed by atoms with E-state index in [1.807, 2.05) is 17.8 Å². The summed E-state index contributed by atoms with van der Waals surface area (Å²) in [6.45, 7) is 6.28. The maximum atomic E-state index is 13.1. The minimum atomic E-state index is 0.192. The van der Waals surface area contributed by atoms with Crippen molar-refractivity contribution in [1.29, 1.82) is 0 Å². The van der Waals surface area contributed by atoms with Crippen molar-refractivity contribution >= 4 is 17.7 Å². The van der Waals surface area contributed by atoms with E-state index >= 15 is 0 Å². The van der Waals surface area contributed by atoms with Gasteiger partial charge in [-0.3, -0.25) is 4.79 Å². The fourth-order valence-electron chi connectivity index (χ4n) is 3.76. The second kappa shape index (κ2) is 7.05. The Morgan fingerprint density at radius 2 is 2.05 bits per heavy atom. The van der Waals surface area contributed by atoms with Gasteiger partial charge in [0.15, 0.2) is 0 Å². The molecular weight excluding hydrogens is 292 g/mol. The molecular formula is C18H26N2OS. The van der Waals surface area contributed by atoms with E-state index in [0.717, 1.165) is 31.7 Å². The molecule has 22 heavy (non-hydrogen) atoms. The summed E-state index contributed by atoms with van der Waals surface area (Å²) in [4.78, 5) is 15.3. The van der Waals surface area contributed by atoms with Crippen LogP contribution in [-0.4, -0.2) is 40.9 Å². The maximum absolute atomic E-state index is 13.1. The Balaban J connectivity index is 1.81. The summed E-state index contributed by atoms with van der Waals surface area (Å²) in [5, 5.41) is 3.90. The lowest BCUT2D eigenvalue weighted by Gasteiger charge is -2.42. The molecule has 3 rings (SSSR count). The fraction of sp³-hybridized carbons (Fsp3) is 0.611. The highest BCUT2D eigenvalue weighted by molar-refractivity contribution is 8.00. The van der Waals surface area contributed by atoms with E-state index in [-0.39, 0.29) is 12.0 Å². The van der Waals surface area contributed by atoms with Crippen LogP contribution in [-0.2, 0) is 4.79 Å². The maximum Gasteiger partial charge on any atom is 0.226 e. The molecule has 0 radical (unpaired) electrons. The van der Waals surface area contributed by atoms with Crippen molar-refractivity contribution in [2.45, 2.75) is 44.0 Å². The van der Waals surface area contributed by atoms with Gasteiger partial charge >= 0.3 is 0 Å². The van der Waals surface area contributed by atoms with Gasteiger partial charge in [0, 0.05) is 29.5 Å². The van der Waals surface area contributed by atoms with E-state index in [0.29, 0.717) is 17.2 Å². The Morgan fingerprint density at radius 3 is 2.77 bits per heavy atom. The number of thioether (sulfide) groups is 1. The van der Waals surface area contributed by atoms with Gasteiger partial charge in [-0.15, -0.1) is 0 Å². The number of nitrogens with zero attached hydrogens (tertiary/aromatic N) is 1. The average Bonchev–Trinajstić information content (AvgIpc) is 2.55. The van der Waals surface area contributed by atoms with E-state index < -0.39 is 0 Å². The van der Waals surface area contributed by atoms with Crippen molar-refractivity contribution < 1.29 is 4.79 Å². The van der Waals surface area contributed by atoms with Crippen LogP contribution in [0.15, 0.2) is 30.3 Å².